The molecule has 1 unspecified atom stereocenters. The van der Waals surface area contributed by atoms with Crippen molar-refractivity contribution in [2.45, 2.75) is 51.5 Å². The van der Waals surface area contributed by atoms with Crippen molar-refractivity contribution in [3.8, 4) is 0 Å². The molecule has 0 aromatic heterocycles. The maximum Gasteiger partial charge on any atom is 0.225 e. The van der Waals surface area contributed by atoms with E-state index in [0.29, 0.717) is 5.91 Å². The Morgan fingerprint density at radius 3 is 2.44 bits per heavy atom. The molecule has 0 N–H and O–H groups in total. The zero-order valence-electron chi connectivity index (χ0n) is 15.6. The highest BCUT2D eigenvalue weighted by molar-refractivity contribution is 5.79. The SMILES string of the molecule is CC(=O)N(CCN1CCOCC1)C1CCN(C(=O)C2CCCCC2)C1. The van der Waals surface area contributed by atoms with Gasteiger partial charge in [-0.2, -0.15) is 0 Å². The van der Waals surface area contributed by atoms with Crippen molar-refractivity contribution in [1.82, 2.24) is 14.7 Å². The summed E-state index contributed by atoms with van der Waals surface area (Å²) in [5, 5.41) is 0. The second-order valence-corrected chi connectivity index (χ2v) is 7.73. The maximum absolute atomic E-state index is 12.7. The zero-order valence-corrected chi connectivity index (χ0v) is 15.6. The number of nitrogens with zero attached hydrogens (tertiary/aromatic N) is 3. The van der Waals surface area contributed by atoms with Gasteiger partial charge in [0.1, 0.15) is 0 Å². The van der Waals surface area contributed by atoms with Crippen LogP contribution in [0.1, 0.15) is 45.4 Å². The molecular weight excluding hydrogens is 318 g/mol. The molecule has 3 fully saturated rings. The quantitative estimate of drug-likeness (QED) is 0.750. The Hall–Kier alpha value is -1.14. The van der Waals surface area contributed by atoms with Gasteiger partial charge in [-0.1, -0.05) is 19.3 Å². The summed E-state index contributed by atoms with van der Waals surface area (Å²) in [5.74, 6) is 0.690. The van der Waals surface area contributed by atoms with Gasteiger partial charge in [0, 0.05) is 52.1 Å². The molecule has 2 amide bonds. The van der Waals surface area contributed by atoms with Crippen molar-refractivity contribution < 1.29 is 14.3 Å². The van der Waals surface area contributed by atoms with Gasteiger partial charge < -0.3 is 14.5 Å². The molecule has 6 nitrogen and oxygen atoms in total. The molecule has 2 heterocycles. The third-order valence-corrected chi connectivity index (χ3v) is 6.04. The second-order valence-electron chi connectivity index (χ2n) is 7.73. The Labute approximate surface area is 151 Å². The summed E-state index contributed by atoms with van der Waals surface area (Å²) in [5.41, 5.74) is 0. The van der Waals surface area contributed by atoms with Crippen molar-refractivity contribution in [2.24, 2.45) is 5.92 Å². The lowest BCUT2D eigenvalue weighted by Gasteiger charge is -2.33. The number of ether oxygens (including phenoxy) is 1. The van der Waals surface area contributed by atoms with Crippen molar-refractivity contribution in [3.63, 3.8) is 0 Å². The summed E-state index contributed by atoms with van der Waals surface area (Å²) >= 11 is 0. The van der Waals surface area contributed by atoms with Crippen LogP contribution in [-0.4, -0.2) is 85.0 Å². The molecule has 0 spiro atoms. The van der Waals surface area contributed by atoms with E-state index in [2.05, 4.69) is 4.90 Å². The summed E-state index contributed by atoms with van der Waals surface area (Å²) in [7, 11) is 0. The van der Waals surface area contributed by atoms with Crippen LogP contribution in [0.25, 0.3) is 0 Å². The lowest BCUT2D eigenvalue weighted by atomic mass is 9.88. The summed E-state index contributed by atoms with van der Waals surface area (Å²) in [6.07, 6.45) is 6.66. The molecule has 0 aromatic rings. The standard InChI is InChI=1S/C19H33N3O3/c1-16(23)22(10-9-20-11-13-25-14-12-20)18-7-8-21(15-18)19(24)17-5-3-2-4-6-17/h17-18H,2-15H2,1H3. The van der Waals surface area contributed by atoms with E-state index >= 15 is 0 Å². The molecule has 0 radical (unpaired) electrons. The molecule has 25 heavy (non-hydrogen) atoms. The minimum absolute atomic E-state index is 0.130. The molecule has 1 saturated carbocycles. The zero-order chi connectivity index (χ0) is 17.6. The molecule has 2 aliphatic heterocycles. The molecule has 1 atom stereocenters. The van der Waals surface area contributed by atoms with Crippen molar-refractivity contribution >= 4 is 11.8 Å². The predicted octanol–water partition coefficient (Wildman–Crippen LogP) is 1.35. The van der Waals surface area contributed by atoms with E-state index in [0.717, 1.165) is 71.7 Å². The highest BCUT2D eigenvalue weighted by atomic mass is 16.5. The first kappa shape index (κ1) is 18.6. The summed E-state index contributed by atoms with van der Waals surface area (Å²) < 4.78 is 5.39. The number of likely N-dealkylation sites (tertiary alicyclic amines) is 1. The van der Waals surface area contributed by atoms with Crippen LogP contribution >= 0.6 is 0 Å². The lowest BCUT2D eigenvalue weighted by molar-refractivity contribution is -0.137. The Bertz CT molecular complexity index is 459. The molecular formula is C19H33N3O3. The van der Waals surface area contributed by atoms with E-state index in [1.165, 1.54) is 19.3 Å². The Kier molecular flexibility index (Phi) is 6.70. The van der Waals surface area contributed by atoms with Crippen LogP contribution in [0.5, 0.6) is 0 Å². The first-order valence-corrected chi connectivity index (χ1v) is 10.0. The first-order chi connectivity index (χ1) is 12.1. The minimum atomic E-state index is 0.130. The fourth-order valence-corrected chi connectivity index (χ4v) is 4.48. The van der Waals surface area contributed by atoms with Crippen LogP contribution in [-0.2, 0) is 14.3 Å². The highest BCUT2D eigenvalue weighted by Gasteiger charge is 2.34. The Morgan fingerprint density at radius 1 is 1.04 bits per heavy atom. The molecule has 6 heteroatoms. The average molecular weight is 351 g/mol. The van der Waals surface area contributed by atoms with E-state index in [9.17, 15) is 9.59 Å². The molecule has 1 aliphatic carbocycles. The third-order valence-electron chi connectivity index (χ3n) is 6.04. The van der Waals surface area contributed by atoms with Gasteiger partial charge in [-0.15, -0.1) is 0 Å². The summed E-state index contributed by atoms with van der Waals surface area (Å²) in [6, 6.07) is 0.186. The molecule has 0 aromatic carbocycles. The molecule has 142 valence electrons. The van der Waals surface area contributed by atoms with Crippen LogP contribution in [0.15, 0.2) is 0 Å². The van der Waals surface area contributed by atoms with E-state index in [-0.39, 0.29) is 17.9 Å². The van der Waals surface area contributed by atoms with Crippen LogP contribution < -0.4 is 0 Å². The van der Waals surface area contributed by atoms with Gasteiger partial charge in [-0.05, 0) is 19.3 Å². The number of amides is 2. The number of hydrogen-bond acceptors (Lipinski definition) is 4. The van der Waals surface area contributed by atoms with E-state index in [1.807, 2.05) is 9.80 Å². The smallest absolute Gasteiger partial charge is 0.225 e. The van der Waals surface area contributed by atoms with Crippen LogP contribution in [0.4, 0.5) is 0 Å². The van der Waals surface area contributed by atoms with Crippen LogP contribution in [0.3, 0.4) is 0 Å². The van der Waals surface area contributed by atoms with Crippen molar-refractivity contribution in [3.05, 3.63) is 0 Å². The topological polar surface area (TPSA) is 53.1 Å². The fraction of sp³-hybridized carbons (Fsp3) is 0.895. The first-order valence-electron chi connectivity index (χ1n) is 10.0. The van der Waals surface area contributed by atoms with Gasteiger partial charge >= 0.3 is 0 Å². The van der Waals surface area contributed by atoms with Gasteiger partial charge in [0.2, 0.25) is 11.8 Å². The number of morpholine rings is 1. The number of hydrogen-bond donors (Lipinski definition) is 0. The van der Waals surface area contributed by atoms with Gasteiger partial charge in [-0.3, -0.25) is 14.5 Å². The maximum atomic E-state index is 12.7. The monoisotopic (exact) mass is 351 g/mol. The van der Waals surface area contributed by atoms with Gasteiger partial charge in [0.15, 0.2) is 0 Å². The Morgan fingerprint density at radius 2 is 1.76 bits per heavy atom. The van der Waals surface area contributed by atoms with Crippen LogP contribution in [0.2, 0.25) is 0 Å². The second kappa shape index (κ2) is 8.99. The summed E-state index contributed by atoms with van der Waals surface area (Å²) in [6.45, 7) is 8.30. The lowest BCUT2D eigenvalue weighted by Crippen LogP contribution is -2.47. The average Bonchev–Trinajstić information content (AvgIpc) is 3.12. The normalized spacial score (nSPS) is 26.0. The number of carbonyl (C=O) groups excluding carboxylic acids is 2. The van der Waals surface area contributed by atoms with Gasteiger partial charge in [0.25, 0.3) is 0 Å². The Balaban J connectivity index is 1.50. The number of carbonyl (C=O) groups is 2. The van der Waals surface area contributed by atoms with Crippen molar-refractivity contribution in [1.29, 1.82) is 0 Å². The van der Waals surface area contributed by atoms with Gasteiger partial charge in [-0.25, -0.2) is 0 Å². The van der Waals surface area contributed by atoms with E-state index < -0.39 is 0 Å². The fourth-order valence-electron chi connectivity index (χ4n) is 4.48. The van der Waals surface area contributed by atoms with Crippen LogP contribution in [0, 0.1) is 5.92 Å². The molecule has 0 bridgehead atoms. The third kappa shape index (κ3) is 4.94. The molecule has 3 rings (SSSR count). The van der Waals surface area contributed by atoms with E-state index in [1.54, 1.807) is 6.92 Å². The van der Waals surface area contributed by atoms with Crippen molar-refractivity contribution in [2.75, 3.05) is 52.5 Å². The predicted molar refractivity (Wildman–Crippen MR) is 96.2 cm³/mol. The van der Waals surface area contributed by atoms with Gasteiger partial charge in [0.05, 0.1) is 19.3 Å². The van der Waals surface area contributed by atoms with E-state index in [4.69, 9.17) is 4.74 Å². The minimum Gasteiger partial charge on any atom is -0.379 e. The summed E-state index contributed by atoms with van der Waals surface area (Å²) in [4.78, 5) is 31.3. The number of rotatable bonds is 5. The highest BCUT2D eigenvalue weighted by Crippen LogP contribution is 2.27. The largest absolute Gasteiger partial charge is 0.379 e. The molecule has 3 aliphatic rings. The molecule has 2 saturated heterocycles.